The molecule has 1 aromatic rings. The molecule has 0 saturated carbocycles. The zero-order valence-corrected chi connectivity index (χ0v) is 11.3. The number of hydrogen-bond acceptors (Lipinski definition) is 3. The van der Waals surface area contributed by atoms with Crippen LogP contribution in [0.3, 0.4) is 0 Å². The lowest BCUT2D eigenvalue weighted by atomic mass is 9.90. The van der Waals surface area contributed by atoms with Gasteiger partial charge < -0.3 is 9.64 Å². The second-order valence-corrected chi connectivity index (χ2v) is 5.02. The SMILES string of the molecule is CCC(C#N)C(c1ccc2c(c1)CCO2)N(C)C. The highest BCUT2D eigenvalue weighted by molar-refractivity contribution is 5.41. The molecule has 0 aromatic heterocycles. The molecule has 0 amide bonds. The number of rotatable bonds is 4. The molecule has 0 fully saturated rings. The minimum Gasteiger partial charge on any atom is -0.493 e. The van der Waals surface area contributed by atoms with Crippen molar-refractivity contribution in [2.45, 2.75) is 25.8 Å². The summed E-state index contributed by atoms with van der Waals surface area (Å²) in [6.45, 7) is 2.85. The highest BCUT2D eigenvalue weighted by Crippen LogP contribution is 2.33. The van der Waals surface area contributed by atoms with Crippen molar-refractivity contribution in [1.29, 1.82) is 5.26 Å². The topological polar surface area (TPSA) is 36.3 Å². The van der Waals surface area contributed by atoms with Gasteiger partial charge in [0.15, 0.2) is 0 Å². The summed E-state index contributed by atoms with van der Waals surface area (Å²) >= 11 is 0. The van der Waals surface area contributed by atoms with Gasteiger partial charge in [-0.15, -0.1) is 0 Å². The van der Waals surface area contributed by atoms with Crippen LogP contribution in [0.5, 0.6) is 5.75 Å². The Morgan fingerprint density at radius 3 is 2.83 bits per heavy atom. The lowest BCUT2D eigenvalue weighted by molar-refractivity contribution is 0.241. The van der Waals surface area contributed by atoms with Crippen LogP contribution in [0.15, 0.2) is 18.2 Å². The van der Waals surface area contributed by atoms with Gasteiger partial charge in [0.05, 0.1) is 24.6 Å². The summed E-state index contributed by atoms with van der Waals surface area (Å²) in [5.41, 5.74) is 2.49. The van der Waals surface area contributed by atoms with Crippen molar-refractivity contribution < 1.29 is 4.74 Å². The summed E-state index contributed by atoms with van der Waals surface area (Å²) in [6.07, 6.45) is 1.85. The molecular formula is C15H20N2O. The molecular weight excluding hydrogens is 224 g/mol. The summed E-state index contributed by atoms with van der Waals surface area (Å²) in [4.78, 5) is 2.13. The third-order valence-corrected chi connectivity index (χ3v) is 3.60. The van der Waals surface area contributed by atoms with E-state index in [0.717, 1.165) is 25.2 Å². The third-order valence-electron chi connectivity index (χ3n) is 3.60. The summed E-state index contributed by atoms with van der Waals surface area (Å²) < 4.78 is 5.53. The summed E-state index contributed by atoms with van der Waals surface area (Å²) in [7, 11) is 4.07. The monoisotopic (exact) mass is 244 g/mol. The molecule has 1 heterocycles. The Bertz CT molecular complexity index is 462. The van der Waals surface area contributed by atoms with Crippen molar-refractivity contribution in [3.05, 3.63) is 29.3 Å². The lowest BCUT2D eigenvalue weighted by Gasteiger charge is -2.28. The van der Waals surface area contributed by atoms with E-state index in [1.54, 1.807) is 0 Å². The van der Waals surface area contributed by atoms with Gasteiger partial charge in [-0.3, -0.25) is 0 Å². The highest BCUT2D eigenvalue weighted by Gasteiger charge is 2.25. The van der Waals surface area contributed by atoms with Crippen LogP contribution < -0.4 is 4.74 Å². The molecule has 0 spiro atoms. The van der Waals surface area contributed by atoms with E-state index in [1.165, 1.54) is 11.1 Å². The number of nitrogens with zero attached hydrogens (tertiary/aromatic N) is 2. The molecule has 0 saturated heterocycles. The van der Waals surface area contributed by atoms with Crippen LogP contribution in [0, 0.1) is 17.2 Å². The van der Waals surface area contributed by atoms with Gasteiger partial charge in [0.1, 0.15) is 5.75 Å². The zero-order valence-electron chi connectivity index (χ0n) is 11.3. The molecule has 2 atom stereocenters. The number of benzene rings is 1. The molecule has 0 aliphatic carbocycles. The third kappa shape index (κ3) is 2.34. The van der Waals surface area contributed by atoms with E-state index in [2.05, 4.69) is 30.0 Å². The first kappa shape index (κ1) is 12.9. The lowest BCUT2D eigenvalue weighted by Crippen LogP contribution is -2.26. The summed E-state index contributed by atoms with van der Waals surface area (Å²) in [5.74, 6) is 1.03. The van der Waals surface area contributed by atoms with Crippen LogP contribution in [-0.4, -0.2) is 25.6 Å². The van der Waals surface area contributed by atoms with Gasteiger partial charge in [0.25, 0.3) is 0 Å². The van der Waals surface area contributed by atoms with Crippen molar-refractivity contribution in [2.24, 2.45) is 5.92 Å². The Morgan fingerprint density at radius 2 is 2.22 bits per heavy atom. The molecule has 2 unspecified atom stereocenters. The van der Waals surface area contributed by atoms with E-state index in [4.69, 9.17) is 4.74 Å². The quantitative estimate of drug-likeness (QED) is 0.817. The van der Waals surface area contributed by atoms with Crippen molar-refractivity contribution in [2.75, 3.05) is 20.7 Å². The highest BCUT2D eigenvalue weighted by atomic mass is 16.5. The average Bonchev–Trinajstić information content (AvgIpc) is 2.82. The Labute approximate surface area is 109 Å². The Kier molecular flexibility index (Phi) is 3.88. The van der Waals surface area contributed by atoms with Gasteiger partial charge in [-0.05, 0) is 37.7 Å². The van der Waals surface area contributed by atoms with E-state index >= 15 is 0 Å². The smallest absolute Gasteiger partial charge is 0.122 e. The van der Waals surface area contributed by atoms with E-state index in [-0.39, 0.29) is 12.0 Å². The Morgan fingerprint density at radius 1 is 1.44 bits per heavy atom. The van der Waals surface area contributed by atoms with Gasteiger partial charge in [-0.25, -0.2) is 0 Å². The predicted molar refractivity (Wildman–Crippen MR) is 71.5 cm³/mol. The minimum atomic E-state index is 0.0281. The van der Waals surface area contributed by atoms with Gasteiger partial charge in [0, 0.05) is 6.42 Å². The fourth-order valence-electron chi connectivity index (χ4n) is 2.67. The van der Waals surface area contributed by atoms with Crippen LogP contribution in [0.4, 0.5) is 0 Å². The van der Waals surface area contributed by atoms with Crippen molar-refractivity contribution in [3.63, 3.8) is 0 Å². The second kappa shape index (κ2) is 5.41. The maximum atomic E-state index is 9.30. The molecule has 1 aromatic carbocycles. The standard InChI is InChI=1S/C15H20N2O/c1-4-11(10-16)15(17(2)3)13-5-6-14-12(9-13)7-8-18-14/h5-6,9,11,15H,4,7-8H2,1-3H3. The van der Waals surface area contributed by atoms with Crippen LogP contribution >= 0.6 is 0 Å². The van der Waals surface area contributed by atoms with E-state index in [9.17, 15) is 5.26 Å². The van der Waals surface area contributed by atoms with Crippen LogP contribution in [0.1, 0.15) is 30.5 Å². The Balaban J connectivity index is 2.34. The van der Waals surface area contributed by atoms with Crippen LogP contribution in [-0.2, 0) is 6.42 Å². The van der Waals surface area contributed by atoms with E-state index in [0.29, 0.717) is 0 Å². The molecule has 1 aliphatic heterocycles. The molecule has 3 heteroatoms. The Hall–Kier alpha value is -1.53. The molecule has 0 N–H and O–H groups in total. The molecule has 3 nitrogen and oxygen atoms in total. The van der Waals surface area contributed by atoms with Crippen molar-refractivity contribution in [3.8, 4) is 11.8 Å². The zero-order chi connectivity index (χ0) is 13.1. The van der Waals surface area contributed by atoms with E-state index < -0.39 is 0 Å². The maximum absolute atomic E-state index is 9.30. The van der Waals surface area contributed by atoms with Crippen LogP contribution in [0.25, 0.3) is 0 Å². The normalized spacial score (nSPS) is 16.8. The molecule has 1 aliphatic rings. The van der Waals surface area contributed by atoms with Gasteiger partial charge in [0.2, 0.25) is 0 Å². The van der Waals surface area contributed by atoms with Gasteiger partial charge in [-0.1, -0.05) is 19.1 Å². The average molecular weight is 244 g/mol. The molecule has 2 rings (SSSR count). The van der Waals surface area contributed by atoms with Gasteiger partial charge >= 0.3 is 0 Å². The minimum absolute atomic E-state index is 0.0281. The number of hydrogen-bond donors (Lipinski definition) is 0. The summed E-state index contributed by atoms with van der Waals surface area (Å²) in [5, 5.41) is 9.30. The fraction of sp³-hybridized carbons (Fsp3) is 0.533. The molecule has 96 valence electrons. The first-order valence-corrected chi connectivity index (χ1v) is 6.49. The molecule has 18 heavy (non-hydrogen) atoms. The van der Waals surface area contributed by atoms with Crippen molar-refractivity contribution in [1.82, 2.24) is 4.90 Å². The summed E-state index contributed by atoms with van der Waals surface area (Å²) in [6, 6.07) is 8.92. The number of nitriles is 1. The van der Waals surface area contributed by atoms with Crippen LogP contribution in [0.2, 0.25) is 0 Å². The molecule has 0 bridgehead atoms. The molecule has 0 radical (unpaired) electrons. The fourth-order valence-corrected chi connectivity index (χ4v) is 2.67. The van der Waals surface area contributed by atoms with E-state index in [1.807, 2.05) is 20.2 Å². The number of fused-ring (bicyclic) bond motifs is 1. The first-order valence-electron chi connectivity index (χ1n) is 6.49. The largest absolute Gasteiger partial charge is 0.493 e. The maximum Gasteiger partial charge on any atom is 0.122 e. The second-order valence-electron chi connectivity index (χ2n) is 5.02. The van der Waals surface area contributed by atoms with Gasteiger partial charge in [-0.2, -0.15) is 5.26 Å². The predicted octanol–water partition coefficient (Wildman–Crippen LogP) is 2.77. The first-order chi connectivity index (χ1) is 8.67. The number of ether oxygens (including phenoxy) is 1. The van der Waals surface area contributed by atoms with Crippen molar-refractivity contribution >= 4 is 0 Å².